The van der Waals surface area contributed by atoms with E-state index >= 15 is 0 Å². The van der Waals surface area contributed by atoms with Gasteiger partial charge < -0.3 is 9.16 Å². The first-order chi connectivity index (χ1) is 19.0. The van der Waals surface area contributed by atoms with Crippen molar-refractivity contribution in [2.45, 2.75) is 111 Å². The van der Waals surface area contributed by atoms with Crippen LogP contribution in [0.1, 0.15) is 88.0 Å². The molecule has 0 rings (SSSR count). The molecule has 0 bridgehead atoms. The topological polar surface area (TPSA) is 118 Å². The molecular formula is C32H46CrO7Si. The average molecular weight is 623 g/mol. The number of rotatable bonds is 14. The number of methoxy groups -OCH3 is 1. The fourth-order valence-electron chi connectivity index (χ4n) is 4.36. The summed E-state index contributed by atoms with van der Waals surface area (Å²) in [5, 5.41) is 0. The van der Waals surface area contributed by atoms with Crippen LogP contribution >= 0.6 is 0 Å². The van der Waals surface area contributed by atoms with Crippen molar-refractivity contribution in [3.8, 4) is 12.3 Å². The van der Waals surface area contributed by atoms with E-state index in [2.05, 4.69) is 120 Å². The van der Waals surface area contributed by atoms with Gasteiger partial charge in [-0.3, -0.25) is 0 Å². The molecule has 0 aromatic carbocycles. The van der Waals surface area contributed by atoms with Crippen LogP contribution in [0.3, 0.4) is 0 Å². The van der Waals surface area contributed by atoms with Gasteiger partial charge in [0.05, 0.1) is 0 Å². The summed E-state index contributed by atoms with van der Waals surface area (Å²) in [5.74, 6) is 2.90. The Bertz CT molecular complexity index is 782. The van der Waals surface area contributed by atoms with Crippen molar-refractivity contribution in [2.24, 2.45) is 0 Å². The summed E-state index contributed by atoms with van der Waals surface area (Å²) in [6.07, 6.45) is 16.2. The summed E-state index contributed by atoms with van der Waals surface area (Å²) in [5.41, 5.74) is 5.60. The zero-order valence-electron chi connectivity index (χ0n) is 26.2. The molecule has 0 aliphatic rings. The largest absolute Gasteiger partial charge is 0 e. The van der Waals surface area contributed by atoms with Crippen molar-refractivity contribution < 1.29 is 49.8 Å². The smallest absolute Gasteiger partial charge is 0 e. The van der Waals surface area contributed by atoms with E-state index in [9.17, 15) is 0 Å². The van der Waals surface area contributed by atoms with Crippen molar-refractivity contribution in [1.29, 1.82) is 0 Å². The molecule has 0 saturated heterocycles. The van der Waals surface area contributed by atoms with Crippen molar-refractivity contribution in [3.63, 3.8) is 0 Å². The van der Waals surface area contributed by atoms with E-state index in [1.165, 1.54) is 16.7 Å². The Hall–Kier alpha value is -1.85. The second kappa shape index (κ2) is 40.3. The number of hydrogen-bond acceptors (Lipinski definition) is 2. The van der Waals surface area contributed by atoms with Crippen LogP contribution in [-0.2, 0) is 49.8 Å². The van der Waals surface area contributed by atoms with E-state index in [0.29, 0.717) is 16.6 Å². The fourth-order valence-corrected chi connectivity index (χ4v) is 9.75. The zero-order valence-corrected chi connectivity index (χ0v) is 28.5. The average Bonchev–Trinajstić information content (AvgIpc) is 2.97. The van der Waals surface area contributed by atoms with Gasteiger partial charge >= 0.3 is 56.5 Å². The maximum absolute atomic E-state index is 7.50. The molecule has 1 unspecified atom stereocenters. The first-order valence-electron chi connectivity index (χ1n) is 12.4. The van der Waals surface area contributed by atoms with Crippen LogP contribution in [0.25, 0.3) is 0 Å². The number of ether oxygens (including phenoxy) is 1. The van der Waals surface area contributed by atoms with Crippen molar-refractivity contribution >= 4 is 8.32 Å². The number of allylic oxidation sites excluding steroid dienone is 4. The second-order valence-corrected chi connectivity index (χ2v) is 14.8. The summed E-state index contributed by atoms with van der Waals surface area (Å²) >= 11 is 0. The van der Waals surface area contributed by atoms with Gasteiger partial charge in [0.1, 0.15) is 6.10 Å². The van der Waals surface area contributed by atoms with Gasteiger partial charge in [0.2, 0.25) is 8.32 Å². The molecule has 0 saturated carbocycles. The predicted molar refractivity (Wildman–Crippen MR) is 154 cm³/mol. The van der Waals surface area contributed by atoms with Gasteiger partial charge in [0.25, 0.3) is 0 Å². The van der Waals surface area contributed by atoms with E-state index in [4.69, 9.17) is 38.8 Å². The third kappa shape index (κ3) is 28.1. The molecule has 0 aromatic heterocycles. The molecule has 0 aromatic rings. The van der Waals surface area contributed by atoms with Gasteiger partial charge in [-0.15, -0.1) is 6.42 Å². The van der Waals surface area contributed by atoms with Gasteiger partial charge in [-0.1, -0.05) is 70.3 Å². The summed E-state index contributed by atoms with van der Waals surface area (Å²) in [6.45, 7) is 45.6. The van der Waals surface area contributed by atoms with Gasteiger partial charge in [-0.2, -0.15) is 0 Å². The maximum Gasteiger partial charge on any atom is 0 e. The minimum atomic E-state index is -1.98. The summed E-state index contributed by atoms with van der Waals surface area (Å²) < 4.78 is 49.1. The van der Waals surface area contributed by atoms with E-state index < -0.39 is 8.32 Å². The SMILES string of the molecule is C#CC(/C=C(\C)CC/C=C(\C)CC/C(C)=C/[C]OC)O[Si](C(C)C)(C(C)C)C(C)C.[C-]#[O+].[C-]#[O+].[C-]#[O+].[C-]#[O+].[C-]#[O+].[Cr]. The molecule has 0 aliphatic carbocycles. The van der Waals surface area contributed by atoms with E-state index in [0.717, 1.165) is 25.7 Å². The van der Waals surface area contributed by atoms with Crippen LogP contribution in [0.4, 0.5) is 0 Å². The Morgan fingerprint density at radius 3 is 1.46 bits per heavy atom. The molecule has 41 heavy (non-hydrogen) atoms. The first-order valence-corrected chi connectivity index (χ1v) is 14.6. The quantitative estimate of drug-likeness (QED) is 0.0640. The molecule has 1 atom stereocenters. The van der Waals surface area contributed by atoms with E-state index in [1.807, 2.05) is 6.08 Å². The third-order valence-electron chi connectivity index (χ3n) is 6.01. The molecule has 0 spiro atoms. The van der Waals surface area contributed by atoms with Gasteiger partial charge in [-0.25, -0.2) is 0 Å². The number of terminal acetylenes is 1. The molecule has 7 nitrogen and oxygen atoms in total. The number of hydrogen-bond donors (Lipinski definition) is 0. The zero-order chi connectivity index (χ0) is 33.3. The Labute approximate surface area is 262 Å². The van der Waals surface area contributed by atoms with E-state index in [-0.39, 0.29) is 23.5 Å². The monoisotopic (exact) mass is 622 g/mol. The van der Waals surface area contributed by atoms with Crippen LogP contribution in [0.2, 0.25) is 16.6 Å². The summed E-state index contributed by atoms with van der Waals surface area (Å²) in [7, 11) is -0.355. The Morgan fingerprint density at radius 2 is 1.12 bits per heavy atom. The van der Waals surface area contributed by atoms with Gasteiger partial charge in [0, 0.05) is 24.5 Å². The first kappa shape index (κ1) is 55.1. The summed E-state index contributed by atoms with van der Waals surface area (Å²) in [4.78, 5) is 0. The Kier molecular flexibility index (Phi) is 54.2. The van der Waals surface area contributed by atoms with Gasteiger partial charge in [-0.05, 0) is 75.2 Å². The standard InChI is InChI=1S/C27H46O2Si.5CO.Cr/c1-12-27(29-30(21(2)3,22(4)5)23(6)7)20-26(10)15-13-14-24(8)16-17-25(9)18-19-28-11;5*1-2;/h1,14,18,20-23,27H,13,15-17H2,2-11H3;;;;;;/b24-14+,25-18+,26-20+;;;;;;. The Balaban J connectivity index is -0.000000188. The molecule has 0 fully saturated rings. The summed E-state index contributed by atoms with van der Waals surface area (Å²) in [6, 6.07) is 0. The fraction of sp³-hybridized carbons (Fsp3) is 0.562. The van der Waals surface area contributed by atoms with Gasteiger partial charge in [0.15, 0.2) is 6.61 Å². The van der Waals surface area contributed by atoms with Crippen molar-refractivity contribution in [2.75, 3.05) is 7.11 Å². The van der Waals surface area contributed by atoms with E-state index in [1.54, 1.807) is 7.11 Å². The van der Waals surface area contributed by atoms with Crippen LogP contribution in [0.5, 0.6) is 0 Å². The Morgan fingerprint density at radius 1 is 0.732 bits per heavy atom. The molecule has 0 amide bonds. The second-order valence-electron chi connectivity index (χ2n) is 9.44. The molecule has 226 valence electrons. The molecule has 9 heteroatoms. The molecule has 0 N–H and O–H groups in total. The molecular weight excluding hydrogens is 576 g/mol. The maximum atomic E-state index is 7.50. The van der Waals surface area contributed by atoms with Crippen LogP contribution in [0, 0.1) is 52.2 Å². The van der Waals surface area contributed by atoms with Crippen molar-refractivity contribution in [3.05, 3.63) is 74.8 Å². The predicted octanol–water partition coefficient (Wildman–Crippen LogP) is 8.07. The van der Waals surface area contributed by atoms with Crippen LogP contribution < -0.4 is 0 Å². The van der Waals surface area contributed by atoms with Crippen LogP contribution in [0.15, 0.2) is 34.9 Å². The van der Waals surface area contributed by atoms with Crippen molar-refractivity contribution in [1.82, 2.24) is 0 Å². The molecule has 2 radical (unpaired) electrons. The minimum Gasteiger partial charge on any atom is 0 e. The molecule has 0 aliphatic heterocycles. The third-order valence-corrected chi connectivity index (χ3v) is 12.1. The van der Waals surface area contributed by atoms with Crippen LogP contribution in [-0.4, -0.2) is 21.5 Å². The normalized spacial score (nSPS) is 11.4. The minimum absolute atomic E-state index is 0. The molecule has 0 heterocycles.